The normalized spacial score (nSPS) is 15.1. The number of sulfone groups is 1. The van der Waals surface area contributed by atoms with Gasteiger partial charge in [-0.3, -0.25) is 0 Å². The Morgan fingerprint density at radius 1 is 1.17 bits per heavy atom. The lowest BCUT2D eigenvalue weighted by Crippen LogP contribution is -2.30. The molecular weight excluding hydrogens is 246 g/mol. The second-order valence-corrected chi connectivity index (χ2v) is 7.36. The van der Waals surface area contributed by atoms with Crippen molar-refractivity contribution in [2.24, 2.45) is 5.92 Å². The summed E-state index contributed by atoms with van der Waals surface area (Å²) in [5.74, 6) is 0.510. The van der Waals surface area contributed by atoms with E-state index in [2.05, 4.69) is 5.32 Å². The van der Waals surface area contributed by atoms with Crippen LogP contribution in [0.5, 0.6) is 0 Å². The minimum Gasteiger partial charge on any atom is -0.384 e. The van der Waals surface area contributed by atoms with E-state index in [9.17, 15) is 8.42 Å². The van der Waals surface area contributed by atoms with Crippen LogP contribution >= 0.6 is 0 Å². The van der Waals surface area contributed by atoms with Crippen molar-refractivity contribution in [1.82, 2.24) is 0 Å². The van der Waals surface area contributed by atoms with E-state index in [0.717, 1.165) is 12.1 Å². The summed E-state index contributed by atoms with van der Waals surface area (Å²) in [5, 5.41) is 2.81. The van der Waals surface area contributed by atoms with Gasteiger partial charge < -0.3 is 5.32 Å². The summed E-state index contributed by atoms with van der Waals surface area (Å²) >= 11 is 0. The Bertz CT molecular complexity index is 442. The number of hydrogen-bond donors (Lipinski definition) is 1. The van der Waals surface area contributed by atoms with Gasteiger partial charge in [-0.05, 0) is 25.0 Å². The van der Waals surface area contributed by atoms with Gasteiger partial charge in [-0.2, -0.15) is 0 Å². The smallest absolute Gasteiger partial charge is 0.154 e. The summed E-state index contributed by atoms with van der Waals surface area (Å²) < 4.78 is 24.2. The first-order valence-electron chi connectivity index (χ1n) is 6.46. The highest BCUT2D eigenvalue weighted by molar-refractivity contribution is 7.92. The van der Waals surface area contributed by atoms with Gasteiger partial charge in [0, 0.05) is 12.2 Å². The predicted octanol–water partition coefficient (Wildman–Crippen LogP) is 2.95. The largest absolute Gasteiger partial charge is 0.384 e. The predicted molar refractivity (Wildman–Crippen MR) is 77.6 cm³/mol. The van der Waals surface area contributed by atoms with Crippen LogP contribution in [-0.2, 0) is 9.84 Å². The van der Waals surface area contributed by atoms with Crippen molar-refractivity contribution in [3.63, 3.8) is 0 Å². The van der Waals surface area contributed by atoms with Gasteiger partial charge in [0.05, 0.1) is 11.0 Å². The van der Waals surface area contributed by atoms with Crippen LogP contribution in [0.4, 0.5) is 5.69 Å². The number of hydrogen-bond acceptors (Lipinski definition) is 3. The highest BCUT2D eigenvalue weighted by Crippen LogP contribution is 2.12. The van der Waals surface area contributed by atoms with Crippen molar-refractivity contribution < 1.29 is 8.42 Å². The molecule has 0 saturated carbocycles. The number of nitrogens with one attached hydrogen (secondary N) is 1. The first-order chi connectivity index (χ1) is 8.45. The van der Waals surface area contributed by atoms with Crippen LogP contribution in [0.2, 0.25) is 0 Å². The van der Waals surface area contributed by atoms with Crippen LogP contribution in [0.15, 0.2) is 30.3 Å². The van der Waals surface area contributed by atoms with Gasteiger partial charge in [0.15, 0.2) is 9.84 Å². The topological polar surface area (TPSA) is 46.2 Å². The number of benzene rings is 1. The maximum absolute atomic E-state index is 12.1. The average Bonchev–Trinajstić information content (AvgIpc) is 2.36. The molecule has 0 aliphatic heterocycles. The van der Waals surface area contributed by atoms with Crippen LogP contribution in [0.25, 0.3) is 0 Å². The van der Waals surface area contributed by atoms with Gasteiger partial charge in [-0.15, -0.1) is 0 Å². The number of anilines is 1. The summed E-state index contributed by atoms with van der Waals surface area (Å²) in [6, 6.07) is 9.68. The van der Waals surface area contributed by atoms with Gasteiger partial charge in [-0.1, -0.05) is 38.5 Å². The molecule has 1 rings (SSSR count). The van der Waals surface area contributed by atoms with Crippen molar-refractivity contribution in [2.45, 2.75) is 32.4 Å². The molecule has 0 bridgehead atoms. The van der Waals surface area contributed by atoms with Crippen LogP contribution in [-0.4, -0.2) is 26.0 Å². The minimum absolute atomic E-state index is 0.231. The standard InChI is InChI=1S/C14H23NO2S/c1-4-12(2)11-18(16,17)13(3)10-15-14-8-6-5-7-9-14/h5-9,12-13,15H,4,10-11H2,1-3H3. The van der Waals surface area contributed by atoms with E-state index in [-0.39, 0.29) is 16.9 Å². The van der Waals surface area contributed by atoms with E-state index >= 15 is 0 Å². The lowest BCUT2D eigenvalue weighted by atomic mass is 10.2. The monoisotopic (exact) mass is 269 g/mol. The fourth-order valence-electron chi connectivity index (χ4n) is 1.62. The van der Waals surface area contributed by atoms with E-state index in [1.54, 1.807) is 6.92 Å². The van der Waals surface area contributed by atoms with Gasteiger partial charge >= 0.3 is 0 Å². The molecule has 1 N–H and O–H groups in total. The zero-order valence-electron chi connectivity index (χ0n) is 11.4. The molecule has 0 fully saturated rings. The summed E-state index contributed by atoms with van der Waals surface area (Å²) in [5.41, 5.74) is 0.961. The fraction of sp³-hybridized carbons (Fsp3) is 0.571. The third-order valence-electron chi connectivity index (χ3n) is 3.19. The van der Waals surface area contributed by atoms with Gasteiger partial charge in [0.2, 0.25) is 0 Å². The van der Waals surface area contributed by atoms with Crippen LogP contribution < -0.4 is 5.32 Å². The summed E-state index contributed by atoms with van der Waals surface area (Å²) in [6.45, 7) is 6.23. The Hall–Kier alpha value is -1.03. The quantitative estimate of drug-likeness (QED) is 0.828. The molecule has 0 radical (unpaired) electrons. The third kappa shape index (κ3) is 4.69. The summed E-state index contributed by atoms with van der Waals surface area (Å²) in [6.07, 6.45) is 0.901. The maximum Gasteiger partial charge on any atom is 0.154 e. The Balaban J connectivity index is 2.52. The molecule has 102 valence electrons. The van der Waals surface area contributed by atoms with Crippen molar-refractivity contribution >= 4 is 15.5 Å². The lowest BCUT2D eigenvalue weighted by Gasteiger charge is -2.17. The molecule has 0 spiro atoms. The molecule has 3 nitrogen and oxygen atoms in total. The first kappa shape index (κ1) is 15.0. The van der Waals surface area contributed by atoms with Crippen molar-refractivity contribution in [3.05, 3.63) is 30.3 Å². The number of rotatable bonds is 7. The van der Waals surface area contributed by atoms with Crippen LogP contribution in [0.1, 0.15) is 27.2 Å². The minimum atomic E-state index is -3.00. The Morgan fingerprint density at radius 3 is 2.33 bits per heavy atom. The molecule has 1 aromatic carbocycles. The zero-order chi connectivity index (χ0) is 13.6. The van der Waals surface area contributed by atoms with E-state index in [4.69, 9.17) is 0 Å². The van der Waals surface area contributed by atoms with Crippen LogP contribution in [0, 0.1) is 5.92 Å². The molecular formula is C14H23NO2S. The van der Waals surface area contributed by atoms with E-state index in [0.29, 0.717) is 6.54 Å². The van der Waals surface area contributed by atoms with Crippen molar-refractivity contribution in [3.8, 4) is 0 Å². The summed E-state index contributed by atoms with van der Waals surface area (Å²) in [7, 11) is -3.00. The molecule has 4 heteroatoms. The molecule has 2 unspecified atom stereocenters. The lowest BCUT2D eigenvalue weighted by molar-refractivity contribution is 0.555. The van der Waals surface area contributed by atoms with E-state index in [1.165, 1.54) is 0 Å². The van der Waals surface area contributed by atoms with E-state index < -0.39 is 9.84 Å². The Kier molecular flexibility index (Phi) is 5.66. The molecule has 0 aliphatic rings. The van der Waals surface area contributed by atoms with E-state index in [1.807, 2.05) is 44.2 Å². The molecule has 0 amide bonds. The molecule has 1 aromatic rings. The maximum atomic E-state index is 12.1. The SMILES string of the molecule is CCC(C)CS(=O)(=O)C(C)CNc1ccccc1. The Morgan fingerprint density at radius 2 is 1.78 bits per heavy atom. The first-order valence-corrected chi connectivity index (χ1v) is 8.17. The molecule has 0 aliphatic carbocycles. The highest BCUT2D eigenvalue weighted by atomic mass is 32.2. The third-order valence-corrected chi connectivity index (χ3v) is 5.62. The van der Waals surface area contributed by atoms with Gasteiger partial charge in [0.25, 0.3) is 0 Å². The van der Waals surface area contributed by atoms with Crippen LogP contribution in [0.3, 0.4) is 0 Å². The average molecular weight is 269 g/mol. The second kappa shape index (κ2) is 6.78. The van der Waals surface area contributed by atoms with Gasteiger partial charge in [-0.25, -0.2) is 8.42 Å². The second-order valence-electron chi connectivity index (χ2n) is 4.90. The van der Waals surface area contributed by atoms with Crippen molar-refractivity contribution in [2.75, 3.05) is 17.6 Å². The molecule has 0 heterocycles. The number of para-hydroxylation sites is 1. The fourth-order valence-corrected chi connectivity index (χ4v) is 3.32. The van der Waals surface area contributed by atoms with Gasteiger partial charge in [0.1, 0.15) is 0 Å². The molecule has 0 aromatic heterocycles. The molecule has 18 heavy (non-hydrogen) atoms. The zero-order valence-corrected chi connectivity index (χ0v) is 12.2. The summed E-state index contributed by atoms with van der Waals surface area (Å²) in [4.78, 5) is 0. The molecule has 0 saturated heterocycles. The molecule has 2 atom stereocenters. The van der Waals surface area contributed by atoms with Crippen molar-refractivity contribution in [1.29, 1.82) is 0 Å². The Labute approximate surface area is 111 Å². The highest BCUT2D eigenvalue weighted by Gasteiger charge is 2.22.